The number of hydrogen-bond acceptors (Lipinski definition) is 8. The standard InChI is InChI=1S/C31H38N6O4S/c1-35(42(3,38)39)28-7-5-4-6-26(28)29-15-13-25-21-32-31(34-37(25)29)33-27-14-10-23(20-30(27)40-2)22-8-11-24(12-9-22)36-16-18-41-19-17-36/h4-7,10,13-15,20-22,24H,8-9,11-12,16-19H2,1-3H3,(H,33,34)/t22-,24-. The third kappa shape index (κ3) is 5.81. The van der Waals surface area contributed by atoms with Crippen LogP contribution in [0.25, 0.3) is 16.8 Å². The molecule has 2 aromatic heterocycles. The highest BCUT2D eigenvalue weighted by Crippen LogP contribution is 2.39. The zero-order chi connectivity index (χ0) is 29.3. The maximum absolute atomic E-state index is 12.3. The van der Waals surface area contributed by atoms with Gasteiger partial charge in [0.1, 0.15) is 5.75 Å². The van der Waals surface area contributed by atoms with Crippen LogP contribution in [0.5, 0.6) is 5.75 Å². The third-order valence-corrected chi connectivity index (χ3v) is 9.81. The first-order chi connectivity index (χ1) is 20.3. The third-order valence-electron chi connectivity index (χ3n) is 8.62. The maximum Gasteiger partial charge on any atom is 0.245 e. The molecule has 4 aromatic rings. The molecule has 0 atom stereocenters. The lowest BCUT2D eigenvalue weighted by Gasteiger charge is -2.39. The fourth-order valence-corrected chi connectivity index (χ4v) is 6.73. The molecule has 6 rings (SSSR count). The van der Waals surface area contributed by atoms with E-state index in [0.717, 1.165) is 54.5 Å². The lowest BCUT2D eigenvalue weighted by atomic mass is 9.81. The van der Waals surface area contributed by atoms with E-state index in [9.17, 15) is 8.42 Å². The predicted octanol–water partition coefficient (Wildman–Crippen LogP) is 4.90. The molecule has 0 bridgehead atoms. The molecule has 11 heteroatoms. The molecule has 1 N–H and O–H groups in total. The van der Waals surface area contributed by atoms with Crippen molar-refractivity contribution in [2.45, 2.75) is 37.6 Å². The topological polar surface area (TPSA) is 101 Å². The van der Waals surface area contributed by atoms with Gasteiger partial charge in [-0.05, 0) is 67.5 Å². The Balaban J connectivity index is 1.22. The van der Waals surface area contributed by atoms with Crippen LogP contribution < -0.4 is 14.4 Å². The van der Waals surface area contributed by atoms with Crippen LogP contribution in [0.15, 0.2) is 60.8 Å². The van der Waals surface area contributed by atoms with Crippen molar-refractivity contribution in [3.05, 3.63) is 66.4 Å². The first-order valence-corrected chi connectivity index (χ1v) is 16.3. The van der Waals surface area contributed by atoms with E-state index in [0.29, 0.717) is 23.6 Å². The number of para-hydroxylation sites is 1. The summed E-state index contributed by atoms with van der Waals surface area (Å²) in [6.45, 7) is 3.79. The van der Waals surface area contributed by atoms with Crippen molar-refractivity contribution in [1.29, 1.82) is 0 Å². The van der Waals surface area contributed by atoms with E-state index >= 15 is 0 Å². The second kappa shape index (κ2) is 11.9. The van der Waals surface area contributed by atoms with Crippen molar-refractivity contribution in [1.82, 2.24) is 19.5 Å². The summed E-state index contributed by atoms with van der Waals surface area (Å²) >= 11 is 0. The van der Waals surface area contributed by atoms with Gasteiger partial charge in [0.05, 0.1) is 55.4 Å². The summed E-state index contributed by atoms with van der Waals surface area (Å²) in [5.41, 5.74) is 4.96. The van der Waals surface area contributed by atoms with Crippen LogP contribution >= 0.6 is 0 Å². The number of nitrogens with one attached hydrogen (secondary N) is 1. The summed E-state index contributed by atoms with van der Waals surface area (Å²) in [5.74, 6) is 1.68. The molecule has 10 nitrogen and oxygen atoms in total. The van der Waals surface area contributed by atoms with Crippen molar-refractivity contribution in [2.24, 2.45) is 0 Å². The summed E-state index contributed by atoms with van der Waals surface area (Å²) in [6.07, 6.45) is 7.70. The molecule has 42 heavy (non-hydrogen) atoms. The Labute approximate surface area is 247 Å². The largest absolute Gasteiger partial charge is 0.495 e. The normalized spacial score (nSPS) is 20.0. The van der Waals surface area contributed by atoms with Crippen molar-refractivity contribution in [2.75, 3.05) is 56.3 Å². The molecule has 2 fully saturated rings. The number of sulfonamides is 1. The van der Waals surface area contributed by atoms with Gasteiger partial charge in [-0.3, -0.25) is 9.21 Å². The molecular formula is C31H38N6O4S. The first-order valence-electron chi connectivity index (χ1n) is 14.5. The Morgan fingerprint density at radius 1 is 1.02 bits per heavy atom. The fourth-order valence-electron chi connectivity index (χ4n) is 6.21. The van der Waals surface area contributed by atoms with Crippen LogP contribution in [0.1, 0.15) is 37.2 Å². The molecular weight excluding hydrogens is 552 g/mol. The van der Waals surface area contributed by atoms with Crippen molar-refractivity contribution in [3.8, 4) is 17.0 Å². The van der Waals surface area contributed by atoms with E-state index in [1.54, 1.807) is 30.9 Å². The number of aromatic nitrogens is 3. The number of methoxy groups -OCH3 is 1. The minimum Gasteiger partial charge on any atom is -0.495 e. The molecule has 1 saturated carbocycles. The summed E-state index contributed by atoms with van der Waals surface area (Å²) in [5, 5.41) is 8.10. The molecule has 1 aliphatic heterocycles. The molecule has 2 aliphatic rings. The second-order valence-corrected chi connectivity index (χ2v) is 13.1. The van der Waals surface area contributed by atoms with Crippen molar-refractivity contribution >= 4 is 32.9 Å². The molecule has 3 heterocycles. The van der Waals surface area contributed by atoms with Gasteiger partial charge >= 0.3 is 0 Å². The Bertz CT molecular complexity index is 1660. The quantitative estimate of drug-likeness (QED) is 0.309. The summed E-state index contributed by atoms with van der Waals surface area (Å²) in [6, 6.07) is 18.3. The summed E-state index contributed by atoms with van der Waals surface area (Å²) in [4.78, 5) is 7.13. The van der Waals surface area contributed by atoms with E-state index in [2.05, 4.69) is 27.3 Å². The number of anilines is 3. The van der Waals surface area contributed by atoms with E-state index in [1.165, 1.54) is 41.8 Å². The molecule has 2 aromatic carbocycles. The van der Waals surface area contributed by atoms with Crippen LogP contribution in [-0.4, -0.2) is 80.7 Å². The van der Waals surface area contributed by atoms with E-state index in [4.69, 9.17) is 14.6 Å². The van der Waals surface area contributed by atoms with Gasteiger partial charge in [0.2, 0.25) is 16.0 Å². The highest BCUT2D eigenvalue weighted by molar-refractivity contribution is 7.92. The smallest absolute Gasteiger partial charge is 0.245 e. The summed E-state index contributed by atoms with van der Waals surface area (Å²) in [7, 11) is -0.204. The zero-order valence-corrected chi connectivity index (χ0v) is 25.2. The van der Waals surface area contributed by atoms with Gasteiger partial charge in [0.25, 0.3) is 0 Å². The SMILES string of the molecule is COc1cc([C@H]2CC[C@H](N3CCOCC3)CC2)ccc1Nc1ncc2ccc(-c3ccccc3N(C)S(C)(=O)=O)n2n1. The number of hydrogen-bond donors (Lipinski definition) is 1. The van der Waals surface area contributed by atoms with E-state index in [1.807, 2.05) is 36.4 Å². The van der Waals surface area contributed by atoms with Crippen LogP contribution in [0.3, 0.4) is 0 Å². The lowest BCUT2D eigenvalue weighted by molar-refractivity contribution is 0.00729. The number of fused-ring (bicyclic) bond motifs is 1. The first kappa shape index (κ1) is 28.4. The Kier molecular flexibility index (Phi) is 8.06. The average Bonchev–Trinajstić information content (AvgIpc) is 3.44. The lowest BCUT2D eigenvalue weighted by Crippen LogP contribution is -2.44. The molecule has 1 aliphatic carbocycles. The van der Waals surface area contributed by atoms with Gasteiger partial charge in [-0.2, -0.15) is 0 Å². The van der Waals surface area contributed by atoms with Gasteiger partial charge in [-0.15, -0.1) is 5.10 Å². The maximum atomic E-state index is 12.3. The number of ether oxygens (including phenoxy) is 2. The minimum atomic E-state index is -3.44. The fraction of sp³-hybridized carbons (Fsp3) is 0.419. The van der Waals surface area contributed by atoms with Gasteiger partial charge < -0.3 is 14.8 Å². The average molecular weight is 591 g/mol. The predicted molar refractivity (Wildman–Crippen MR) is 165 cm³/mol. The second-order valence-electron chi connectivity index (χ2n) is 11.1. The van der Waals surface area contributed by atoms with Gasteiger partial charge in [0.15, 0.2) is 0 Å². The number of nitrogens with zero attached hydrogens (tertiary/aromatic N) is 5. The highest BCUT2D eigenvalue weighted by Gasteiger charge is 2.28. The van der Waals surface area contributed by atoms with Crippen molar-refractivity contribution < 1.29 is 17.9 Å². The molecule has 0 spiro atoms. The Hall–Kier alpha value is -3.67. The van der Waals surface area contributed by atoms with Crippen LogP contribution in [0.4, 0.5) is 17.3 Å². The van der Waals surface area contributed by atoms with Crippen LogP contribution in [-0.2, 0) is 14.8 Å². The van der Waals surface area contributed by atoms with Gasteiger partial charge in [-0.25, -0.2) is 17.9 Å². The minimum absolute atomic E-state index is 0.408. The van der Waals surface area contributed by atoms with E-state index in [-0.39, 0.29) is 0 Å². The number of benzene rings is 2. The van der Waals surface area contributed by atoms with Gasteiger partial charge in [0, 0.05) is 31.7 Å². The van der Waals surface area contributed by atoms with Crippen LogP contribution in [0, 0.1) is 0 Å². The highest BCUT2D eigenvalue weighted by atomic mass is 32.2. The molecule has 0 radical (unpaired) electrons. The Morgan fingerprint density at radius 3 is 2.52 bits per heavy atom. The molecule has 0 unspecified atom stereocenters. The zero-order valence-electron chi connectivity index (χ0n) is 24.4. The molecule has 222 valence electrons. The summed E-state index contributed by atoms with van der Waals surface area (Å²) < 4.78 is 39.0. The van der Waals surface area contributed by atoms with E-state index < -0.39 is 10.0 Å². The molecule has 1 saturated heterocycles. The van der Waals surface area contributed by atoms with Crippen LogP contribution in [0.2, 0.25) is 0 Å². The Morgan fingerprint density at radius 2 is 1.79 bits per heavy atom. The number of rotatable bonds is 8. The van der Waals surface area contributed by atoms with Crippen molar-refractivity contribution in [3.63, 3.8) is 0 Å². The monoisotopic (exact) mass is 590 g/mol. The number of morpholine rings is 1. The van der Waals surface area contributed by atoms with Gasteiger partial charge in [-0.1, -0.05) is 24.3 Å². The molecule has 0 amide bonds.